The molecule has 1 aromatic carbocycles. The van der Waals surface area contributed by atoms with Crippen LogP contribution in [-0.4, -0.2) is 35.5 Å². The molecule has 4 heteroatoms. The second-order valence-corrected chi connectivity index (χ2v) is 6.97. The molecule has 0 spiro atoms. The van der Waals surface area contributed by atoms with Crippen molar-refractivity contribution in [2.45, 2.75) is 31.3 Å². The summed E-state index contributed by atoms with van der Waals surface area (Å²) in [5.41, 5.74) is 7.50. The Morgan fingerprint density at radius 3 is 2.89 bits per heavy atom. The maximum Gasteiger partial charge on any atom is 0.0425 e. The summed E-state index contributed by atoms with van der Waals surface area (Å²) in [6, 6.07) is 8.48. The van der Waals surface area contributed by atoms with Gasteiger partial charge in [0.15, 0.2) is 0 Å². The van der Waals surface area contributed by atoms with E-state index in [4.69, 9.17) is 17.3 Å². The second-order valence-electron chi connectivity index (χ2n) is 5.43. The monoisotopic (exact) mass is 298 g/mol. The topological polar surface area (TPSA) is 29.3 Å². The van der Waals surface area contributed by atoms with Crippen molar-refractivity contribution >= 4 is 23.4 Å². The quantitative estimate of drug-likeness (QED) is 0.921. The maximum absolute atomic E-state index is 6.10. The minimum Gasteiger partial charge on any atom is -0.329 e. The number of hydrogen-bond acceptors (Lipinski definition) is 3. The molecule has 2 rings (SSSR count). The van der Waals surface area contributed by atoms with E-state index in [2.05, 4.69) is 31.0 Å². The third-order valence-electron chi connectivity index (χ3n) is 4.34. The van der Waals surface area contributed by atoms with E-state index in [0.29, 0.717) is 6.04 Å². The van der Waals surface area contributed by atoms with Crippen LogP contribution >= 0.6 is 23.4 Å². The van der Waals surface area contributed by atoms with Crippen LogP contribution in [0.25, 0.3) is 0 Å². The Balaban J connectivity index is 2.19. The van der Waals surface area contributed by atoms with Gasteiger partial charge in [0.1, 0.15) is 0 Å². The smallest absolute Gasteiger partial charge is 0.0425 e. The summed E-state index contributed by atoms with van der Waals surface area (Å²) in [5, 5.41) is 0.803. The predicted molar refractivity (Wildman–Crippen MR) is 86.0 cm³/mol. The molecular formula is C15H23ClN2S. The lowest BCUT2D eigenvalue weighted by molar-refractivity contribution is 0.0930. The van der Waals surface area contributed by atoms with Crippen LogP contribution < -0.4 is 5.73 Å². The van der Waals surface area contributed by atoms with Crippen LogP contribution in [0.15, 0.2) is 24.3 Å². The molecule has 2 nitrogen and oxygen atoms in total. The van der Waals surface area contributed by atoms with Crippen LogP contribution in [0.1, 0.15) is 31.4 Å². The van der Waals surface area contributed by atoms with Crippen LogP contribution in [0.3, 0.4) is 0 Å². The highest BCUT2D eigenvalue weighted by Gasteiger charge is 2.37. The summed E-state index contributed by atoms with van der Waals surface area (Å²) < 4.78 is 0. The number of thioether (sulfide) groups is 1. The minimum absolute atomic E-state index is 0.130. The van der Waals surface area contributed by atoms with E-state index in [1.54, 1.807) is 0 Å². The van der Waals surface area contributed by atoms with Gasteiger partial charge in [-0.2, -0.15) is 11.8 Å². The summed E-state index contributed by atoms with van der Waals surface area (Å²) in [4.78, 5) is 2.45. The molecule has 0 aromatic heterocycles. The highest BCUT2D eigenvalue weighted by atomic mass is 35.5. The standard InChI is InChI=1S/C15H23ClN2S/c1-12(13-5-3-6-14(16)9-13)18(2)15(10-17)7-4-8-19-11-15/h3,5-6,9,12H,4,7-8,10-11,17H2,1-2H3. The van der Waals surface area contributed by atoms with Crippen LogP contribution in [0.4, 0.5) is 0 Å². The normalized spacial score (nSPS) is 25.5. The number of halogens is 1. The first kappa shape index (κ1) is 15.2. The molecule has 1 aliphatic heterocycles. The molecule has 0 aliphatic carbocycles. The molecule has 1 heterocycles. The van der Waals surface area contributed by atoms with Crippen LogP contribution in [0.5, 0.6) is 0 Å². The van der Waals surface area contributed by atoms with E-state index in [1.165, 1.54) is 24.2 Å². The molecule has 0 amide bonds. The van der Waals surface area contributed by atoms with Gasteiger partial charge in [0.2, 0.25) is 0 Å². The van der Waals surface area contributed by atoms with Crippen molar-refractivity contribution in [2.75, 3.05) is 25.1 Å². The van der Waals surface area contributed by atoms with Gasteiger partial charge in [-0.1, -0.05) is 23.7 Å². The number of benzene rings is 1. The van der Waals surface area contributed by atoms with Crippen molar-refractivity contribution in [3.8, 4) is 0 Å². The molecule has 0 radical (unpaired) electrons. The van der Waals surface area contributed by atoms with Gasteiger partial charge in [0.25, 0.3) is 0 Å². The Kier molecular flexibility index (Phi) is 5.18. The van der Waals surface area contributed by atoms with E-state index in [1.807, 2.05) is 23.9 Å². The Morgan fingerprint density at radius 1 is 1.53 bits per heavy atom. The molecule has 19 heavy (non-hydrogen) atoms. The van der Waals surface area contributed by atoms with Crippen molar-refractivity contribution in [1.29, 1.82) is 0 Å². The maximum atomic E-state index is 6.10. The van der Waals surface area contributed by atoms with Gasteiger partial charge in [-0.25, -0.2) is 0 Å². The van der Waals surface area contributed by atoms with Crippen molar-refractivity contribution in [1.82, 2.24) is 4.90 Å². The lowest BCUT2D eigenvalue weighted by Crippen LogP contribution is -2.56. The lowest BCUT2D eigenvalue weighted by atomic mass is 9.91. The Hall–Kier alpha value is -0.220. The molecule has 1 saturated heterocycles. The molecule has 106 valence electrons. The van der Waals surface area contributed by atoms with Crippen molar-refractivity contribution in [2.24, 2.45) is 5.73 Å². The van der Waals surface area contributed by atoms with Gasteiger partial charge in [0.05, 0.1) is 0 Å². The SMILES string of the molecule is CC(c1cccc(Cl)c1)N(C)C1(CN)CCCSC1. The van der Waals surface area contributed by atoms with Gasteiger partial charge in [-0.15, -0.1) is 0 Å². The fraction of sp³-hybridized carbons (Fsp3) is 0.600. The molecule has 0 saturated carbocycles. The van der Waals surface area contributed by atoms with E-state index in [0.717, 1.165) is 17.3 Å². The summed E-state index contributed by atoms with van der Waals surface area (Å²) in [7, 11) is 2.20. The van der Waals surface area contributed by atoms with Crippen LogP contribution in [-0.2, 0) is 0 Å². The molecule has 1 aliphatic rings. The van der Waals surface area contributed by atoms with E-state index >= 15 is 0 Å². The van der Waals surface area contributed by atoms with Crippen molar-refractivity contribution < 1.29 is 0 Å². The molecule has 0 bridgehead atoms. The van der Waals surface area contributed by atoms with Gasteiger partial charge in [0, 0.05) is 28.9 Å². The van der Waals surface area contributed by atoms with Gasteiger partial charge in [-0.3, -0.25) is 4.90 Å². The first-order valence-corrected chi connectivity index (χ1v) is 8.38. The van der Waals surface area contributed by atoms with Crippen molar-refractivity contribution in [3.63, 3.8) is 0 Å². The Labute approximate surface area is 125 Å². The molecule has 1 fully saturated rings. The van der Waals surface area contributed by atoms with E-state index in [9.17, 15) is 0 Å². The molecule has 2 N–H and O–H groups in total. The average Bonchev–Trinajstić information content (AvgIpc) is 2.46. The second kappa shape index (κ2) is 6.49. The third kappa shape index (κ3) is 3.27. The zero-order valence-electron chi connectivity index (χ0n) is 11.7. The highest BCUT2D eigenvalue weighted by Crippen LogP contribution is 2.36. The predicted octanol–water partition coefficient (Wildman–Crippen LogP) is 3.56. The Bertz CT molecular complexity index is 418. The summed E-state index contributed by atoms with van der Waals surface area (Å²) in [5.74, 6) is 2.39. The third-order valence-corrected chi connectivity index (χ3v) is 5.90. The first-order chi connectivity index (χ1) is 9.09. The van der Waals surface area contributed by atoms with Crippen LogP contribution in [0, 0.1) is 0 Å². The van der Waals surface area contributed by atoms with E-state index < -0.39 is 0 Å². The first-order valence-electron chi connectivity index (χ1n) is 6.85. The number of likely N-dealkylation sites (N-methyl/N-ethyl adjacent to an activating group) is 1. The average molecular weight is 299 g/mol. The number of nitrogens with zero attached hydrogens (tertiary/aromatic N) is 1. The lowest BCUT2D eigenvalue weighted by Gasteiger charge is -2.46. The molecule has 2 unspecified atom stereocenters. The van der Waals surface area contributed by atoms with Gasteiger partial charge >= 0.3 is 0 Å². The van der Waals surface area contributed by atoms with Crippen LogP contribution in [0.2, 0.25) is 5.02 Å². The van der Waals surface area contributed by atoms with Gasteiger partial charge in [-0.05, 0) is 50.3 Å². The fourth-order valence-corrected chi connectivity index (χ4v) is 4.36. The fourth-order valence-electron chi connectivity index (χ4n) is 2.82. The molecule has 2 atom stereocenters. The highest BCUT2D eigenvalue weighted by molar-refractivity contribution is 7.99. The summed E-state index contributed by atoms with van der Waals surface area (Å²) in [6.07, 6.45) is 2.45. The summed E-state index contributed by atoms with van der Waals surface area (Å²) in [6.45, 7) is 2.96. The van der Waals surface area contributed by atoms with Gasteiger partial charge < -0.3 is 5.73 Å². The van der Waals surface area contributed by atoms with E-state index in [-0.39, 0.29) is 5.54 Å². The number of rotatable bonds is 4. The number of hydrogen-bond donors (Lipinski definition) is 1. The minimum atomic E-state index is 0.130. The molecular weight excluding hydrogens is 276 g/mol. The molecule has 1 aromatic rings. The zero-order valence-corrected chi connectivity index (χ0v) is 13.3. The summed E-state index contributed by atoms with van der Waals surface area (Å²) >= 11 is 8.12. The van der Waals surface area contributed by atoms with Crippen molar-refractivity contribution in [3.05, 3.63) is 34.9 Å². The largest absolute Gasteiger partial charge is 0.329 e. The number of nitrogens with two attached hydrogens (primary N) is 1. The Morgan fingerprint density at radius 2 is 2.32 bits per heavy atom. The zero-order chi connectivity index (χ0) is 13.9.